The Balaban J connectivity index is 1.17. The molecule has 0 spiro atoms. The second-order valence-corrected chi connectivity index (χ2v) is 12.4. The van der Waals surface area contributed by atoms with Crippen LogP contribution in [0.1, 0.15) is 35.7 Å². The van der Waals surface area contributed by atoms with Gasteiger partial charge in [0.25, 0.3) is 5.91 Å². The highest BCUT2D eigenvalue weighted by Gasteiger charge is 2.28. The number of rotatable bonds is 10. The van der Waals surface area contributed by atoms with Crippen molar-refractivity contribution in [3.63, 3.8) is 0 Å². The summed E-state index contributed by atoms with van der Waals surface area (Å²) in [7, 11) is -3.82. The van der Waals surface area contributed by atoms with Crippen LogP contribution in [-0.2, 0) is 14.8 Å². The first-order valence-corrected chi connectivity index (χ1v) is 15.8. The van der Waals surface area contributed by atoms with E-state index in [-0.39, 0.29) is 34.2 Å². The molecule has 1 aliphatic heterocycles. The Morgan fingerprint density at radius 2 is 1.33 bits per heavy atom. The van der Waals surface area contributed by atoms with Crippen LogP contribution in [0.25, 0.3) is 0 Å². The molecule has 0 saturated carbocycles. The Morgan fingerprint density at radius 3 is 1.86 bits per heavy atom. The number of hydrogen-bond acceptors (Lipinski definition) is 5. The van der Waals surface area contributed by atoms with Crippen molar-refractivity contribution in [2.75, 3.05) is 32.8 Å². The van der Waals surface area contributed by atoms with Crippen LogP contribution in [0.3, 0.4) is 0 Å². The Bertz CT molecular complexity index is 1540. The molecule has 42 heavy (non-hydrogen) atoms. The van der Waals surface area contributed by atoms with Crippen molar-refractivity contribution < 1.29 is 17.9 Å². The van der Waals surface area contributed by atoms with Gasteiger partial charge in [0.05, 0.1) is 16.0 Å². The molecule has 9 heteroatoms. The van der Waals surface area contributed by atoms with E-state index < -0.39 is 16.1 Å². The fraction of sp³-hybridized carbons (Fsp3) is 0.242. The quantitative estimate of drug-likeness (QED) is 0.252. The summed E-state index contributed by atoms with van der Waals surface area (Å²) in [5.74, 6) is 0.115. The molecule has 0 aliphatic carbocycles. The van der Waals surface area contributed by atoms with Crippen LogP contribution < -0.4 is 9.46 Å². The van der Waals surface area contributed by atoms with Gasteiger partial charge in [-0.2, -0.15) is 0 Å². The molecule has 1 amide bonds. The van der Waals surface area contributed by atoms with Crippen LogP contribution in [0.5, 0.6) is 5.75 Å². The third-order valence-electron chi connectivity index (χ3n) is 7.46. The standard InChI is InChI=1S/C33H34ClN3O4S/c1-25(26-11-5-2-6-12-26)35-42(39,40)29-17-18-31(30(34)23-29)41-24-32(38)36-19-21-37(22-20-36)33(27-13-7-3-8-14-27)28-15-9-4-10-16-28/h2-18,23,25,33,35H,19-22,24H2,1H3/t25-/m0/s1. The van der Waals surface area contributed by atoms with E-state index in [1.807, 2.05) is 42.5 Å². The maximum atomic E-state index is 13.0. The van der Waals surface area contributed by atoms with Crippen LogP contribution >= 0.6 is 11.6 Å². The summed E-state index contributed by atoms with van der Waals surface area (Å²) in [6.07, 6.45) is 0. The highest BCUT2D eigenvalue weighted by atomic mass is 35.5. The molecule has 1 atom stereocenters. The van der Waals surface area contributed by atoms with E-state index in [0.717, 1.165) is 18.7 Å². The Labute approximate surface area is 252 Å². The Kier molecular flexibility index (Phi) is 9.59. The van der Waals surface area contributed by atoms with Gasteiger partial charge in [0.2, 0.25) is 10.0 Å². The summed E-state index contributed by atoms with van der Waals surface area (Å²) in [6.45, 7) is 4.20. The minimum atomic E-state index is -3.82. The molecule has 7 nitrogen and oxygen atoms in total. The summed E-state index contributed by atoms with van der Waals surface area (Å²) in [5.41, 5.74) is 3.29. The zero-order valence-corrected chi connectivity index (χ0v) is 25.0. The molecule has 1 aliphatic rings. The number of ether oxygens (including phenoxy) is 1. The maximum Gasteiger partial charge on any atom is 0.260 e. The van der Waals surface area contributed by atoms with E-state index in [9.17, 15) is 13.2 Å². The lowest BCUT2D eigenvalue weighted by Crippen LogP contribution is -2.51. The molecule has 4 aromatic carbocycles. The zero-order valence-electron chi connectivity index (χ0n) is 23.4. The molecule has 0 aromatic heterocycles. The third kappa shape index (κ3) is 7.20. The molecule has 4 aromatic rings. The van der Waals surface area contributed by atoms with Gasteiger partial charge in [0, 0.05) is 32.2 Å². The number of hydrogen-bond donors (Lipinski definition) is 1. The Hall–Kier alpha value is -3.69. The smallest absolute Gasteiger partial charge is 0.260 e. The average molecular weight is 604 g/mol. The lowest BCUT2D eigenvalue weighted by atomic mass is 9.96. The molecule has 0 radical (unpaired) electrons. The fourth-order valence-corrected chi connectivity index (χ4v) is 6.78. The Morgan fingerprint density at radius 1 is 0.810 bits per heavy atom. The second-order valence-electron chi connectivity index (χ2n) is 10.3. The fourth-order valence-electron chi connectivity index (χ4n) is 5.22. The molecule has 0 bridgehead atoms. The monoisotopic (exact) mass is 603 g/mol. The van der Waals surface area contributed by atoms with Crippen LogP contribution in [0.15, 0.2) is 114 Å². The first-order chi connectivity index (χ1) is 20.3. The molecule has 0 unspecified atom stereocenters. The largest absolute Gasteiger partial charge is 0.482 e. The number of carbonyl (C=O) groups is 1. The van der Waals surface area contributed by atoms with E-state index in [0.29, 0.717) is 13.1 Å². The summed E-state index contributed by atoms with van der Waals surface area (Å²) in [5, 5.41) is 0.122. The van der Waals surface area contributed by atoms with Crippen LogP contribution in [0, 0.1) is 0 Å². The molecule has 5 rings (SSSR count). The van der Waals surface area contributed by atoms with Crippen molar-refractivity contribution in [1.29, 1.82) is 0 Å². The van der Waals surface area contributed by atoms with Crippen molar-refractivity contribution in [2.24, 2.45) is 0 Å². The van der Waals surface area contributed by atoms with Crippen molar-refractivity contribution in [3.05, 3.63) is 131 Å². The normalized spacial score (nSPS) is 15.0. The number of halogens is 1. The molecule has 1 N–H and O–H groups in total. The van der Waals surface area contributed by atoms with Crippen molar-refractivity contribution in [3.8, 4) is 5.75 Å². The number of piperazine rings is 1. The van der Waals surface area contributed by atoms with Crippen LogP contribution in [0.4, 0.5) is 0 Å². The first kappa shape index (κ1) is 29.8. The molecular formula is C33H34ClN3O4S. The number of amides is 1. The molecule has 218 valence electrons. The molecule has 1 fully saturated rings. The molecular weight excluding hydrogens is 570 g/mol. The summed E-state index contributed by atoms with van der Waals surface area (Å²) >= 11 is 6.38. The van der Waals surface area contributed by atoms with E-state index in [1.54, 1.807) is 11.8 Å². The van der Waals surface area contributed by atoms with E-state index in [2.05, 4.69) is 58.2 Å². The lowest BCUT2D eigenvalue weighted by Gasteiger charge is -2.39. The van der Waals surface area contributed by atoms with Gasteiger partial charge in [0.15, 0.2) is 6.61 Å². The van der Waals surface area contributed by atoms with Gasteiger partial charge >= 0.3 is 0 Å². The van der Waals surface area contributed by atoms with E-state index >= 15 is 0 Å². The zero-order chi connectivity index (χ0) is 29.5. The minimum absolute atomic E-state index is 0.0245. The van der Waals surface area contributed by atoms with Crippen LogP contribution in [0.2, 0.25) is 5.02 Å². The van der Waals surface area contributed by atoms with E-state index in [1.165, 1.54) is 29.3 Å². The highest BCUT2D eigenvalue weighted by Crippen LogP contribution is 2.30. The second kappa shape index (κ2) is 13.5. The number of benzene rings is 4. The van der Waals surface area contributed by atoms with Gasteiger partial charge in [0.1, 0.15) is 5.75 Å². The van der Waals surface area contributed by atoms with Crippen molar-refractivity contribution in [1.82, 2.24) is 14.5 Å². The predicted molar refractivity (Wildman–Crippen MR) is 165 cm³/mol. The lowest BCUT2D eigenvalue weighted by molar-refractivity contribution is -0.135. The van der Waals surface area contributed by atoms with Gasteiger partial charge in [-0.05, 0) is 41.8 Å². The SMILES string of the molecule is C[C@H](NS(=O)(=O)c1ccc(OCC(=O)N2CCN(C(c3ccccc3)c3ccccc3)CC2)c(Cl)c1)c1ccccc1. The number of sulfonamides is 1. The summed E-state index contributed by atoms with van der Waals surface area (Å²) in [4.78, 5) is 17.2. The van der Waals surface area contributed by atoms with Gasteiger partial charge in [-0.25, -0.2) is 13.1 Å². The van der Waals surface area contributed by atoms with E-state index in [4.69, 9.17) is 16.3 Å². The molecule has 1 heterocycles. The summed E-state index contributed by atoms with van der Waals surface area (Å²) < 4.78 is 34.3. The van der Waals surface area contributed by atoms with Gasteiger partial charge in [-0.3, -0.25) is 9.69 Å². The van der Waals surface area contributed by atoms with Crippen LogP contribution in [-0.4, -0.2) is 56.9 Å². The topological polar surface area (TPSA) is 78.9 Å². The third-order valence-corrected chi connectivity index (χ3v) is 9.29. The first-order valence-electron chi connectivity index (χ1n) is 13.9. The number of nitrogens with one attached hydrogen (secondary N) is 1. The van der Waals surface area contributed by atoms with Gasteiger partial charge in [-0.1, -0.05) is 103 Å². The van der Waals surface area contributed by atoms with Gasteiger partial charge < -0.3 is 9.64 Å². The predicted octanol–water partition coefficient (Wildman–Crippen LogP) is 5.69. The van der Waals surface area contributed by atoms with Crippen molar-refractivity contribution in [2.45, 2.75) is 23.9 Å². The number of carbonyl (C=O) groups excluding carboxylic acids is 1. The summed E-state index contributed by atoms with van der Waals surface area (Å²) in [6, 6.07) is 34.1. The average Bonchev–Trinajstić information content (AvgIpc) is 3.02. The maximum absolute atomic E-state index is 13.0. The molecule has 1 saturated heterocycles. The van der Waals surface area contributed by atoms with Gasteiger partial charge in [-0.15, -0.1) is 0 Å². The van der Waals surface area contributed by atoms with Crippen molar-refractivity contribution >= 4 is 27.5 Å². The number of nitrogens with zero attached hydrogens (tertiary/aromatic N) is 2. The highest BCUT2D eigenvalue weighted by molar-refractivity contribution is 7.89. The minimum Gasteiger partial charge on any atom is -0.482 e.